The van der Waals surface area contributed by atoms with Gasteiger partial charge in [-0.1, -0.05) is 13.0 Å². The summed E-state index contributed by atoms with van der Waals surface area (Å²) in [6.45, 7) is 2.22. The molecule has 1 aliphatic heterocycles. The van der Waals surface area contributed by atoms with Gasteiger partial charge in [-0.25, -0.2) is 9.69 Å². The molecule has 0 atom stereocenters. The smallest absolute Gasteiger partial charge is 0.338 e. The predicted molar refractivity (Wildman–Crippen MR) is 93.4 cm³/mol. The van der Waals surface area contributed by atoms with Gasteiger partial charge in [-0.15, -0.1) is 11.3 Å². The van der Waals surface area contributed by atoms with Gasteiger partial charge in [-0.3, -0.25) is 9.59 Å². The molecule has 7 heteroatoms. The molecule has 0 saturated heterocycles. The monoisotopic (exact) mass is 357 g/mol. The summed E-state index contributed by atoms with van der Waals surface area (Å²) in [5.74, 6) is -2.41. The zero-order valence-electron chi connectivity index (χ0n) is 13.4. The number of nitrogens with zero attached hydrogens (tertiary/aromatic N) is 1. The first-order valence-corrected chi connectivity index (χ1v) is 8.55. The molecule has 3 rings (SSSR count). The summed E-state index contributed by atoms with van der Waals surface area (Å²) in [7, 11) is 0. The molecule has 25 heavy (non-hydrogen) atoms. The van der Waals surface area contributed by atoms with Crippen molar-refractivity contribution in [3.05, 3.63) is 58.0 Å². The number of ether oxygens (including phenoxy) is 1. The largest absolute Gasteiger partial charge is 0.502 e. The van der Waals surface area contributed by atoms with Gasteiger partial charge in [0.2, 0.25) is 0 Å². The van der Waals surface area contributed by atoms with Gasteiger partial charge in [0.15, 0.2) is 5.76 Å². The highest BCUT2D eigenvalue weighted by Crippen LogP contribution is 2.33. The van der Waals surface area contributed by atoms with Crippen molar-refractivity contribution in [3.63, 3.8) is 0 Å². The maximum Gasteiger partial charge on any atom is 0.338 e. The lowest BCUT2D eigenvalue weighted by Gasteiger charge is -2.14. The van der Waals surface area contributed by atoms with Crippen molar-refractivity contribution < 1.29 is 24.2 Å². The molecular weight excluding hydrogens is 342 g/mol. The summed E-state index contributed by atoms with van der Waals surface area (Å²) in [5, 5.41) is 11.8. The third-order valence-electron chi connectivity index (χ3n) is 3.63. The molecule has 0 fully saturated rings. The number of aliphatic hydroxyl groups is 1. The number of carbonyl (C=O) groups is 3. The van der Waals surface area contributed by atoms with Crippen LogP contribution in [0.4, 0.5) is 5.69 Å². The van der Waals surface area contributed by atoms with E-state index in [4.69, 9.17) is 4.74 Å². The fraction of sp³-hybridized carbons (Fsp3) is 0.167. The molecule has 128 valence electrons. The number of carbonyl (C=O) groups excluding carboxylic acids is 3. The maximum atomic E-state index is 12.6. The van der Waals surface area contributed by atoms with Crippen LogP contribution in [0.2, 0.25) is 0 Å². The quantitative estimate of drug-likeness (QED) is 0.656. The van der Waals surface area contributed by atoms with Crippen molar-refractivity contribution in [1.29, 1.82) is 0 Å². The number of amides is 2. The molecule has 2 heterocycles. The lowest BCUT2D eigenvalue weighted by molar-refractivity contribution is -0.121. The second kappa shape index (κ2) is 6.90. The van der Waals surface area contributed by atoms with E-state index in [9.17, 15) is 19.5 Å². The van der Waals surface area contributed by atoms with Crippen LogP contribution in [0.15, 0.2) is 47.5 Å². The van der Waals surface area contributed by atoms with Crippen LogP contribution in [0.1, 0.15) is 28.6 Å². The van der Waals surface area contributed by atoms with Crippen molar-refractivity contribution in [2.75, 3.05) is 11.5 Å². The number of rotatable bonds is 5. The molecular formula is C18H15NO5S. The molecule has 2 aromatic rings. The molecule has 0 spiro atoms. The van der Waals surface area contributed by atoms with Crippen LogP contribution >= 0.6 is 11.3 Å². The Bertz CT molecular complexity index is 852. The van der Waals surface area contributed by atoms with E-state index in [1.807, 2.05) is 6.92 Å². The maximum absolute atomic E-state index is 12.6. The Hall–Kier alpha value is -2.93. The Labute approximate surface area is 148 Å². The Balaban J connectivity index is 1.85. The lowest BCUT2D eigenvalue weighted by Crippen LogP contribution is -2.31. The first kappa shape index (κ1) is 16.9. The first-order valence-electron chi connectivity index (χ1n) is 7.67. The molecule has 0 aliphatic carbocycles. The number of benzene rings is 1. The molecule has 0 bridgehead atoms. The zero-order valence-corrected chi connectivity index (χ0v) is 14.2. The van der Waals surface area contributed by atoms with Gasteiger partial charge in [-0.2, -0.15) is 0 Å². The minimum Gasteiger partial charge on any atom is -0.502 e. The third-order valence-corrected chi connectivity index (χ3v) is 4.51. The van der Waals surface area contributed by atoms with E-state index in [0.717, 1.165) is 11.3 Å². The fourth-order valence-electron chi connectivity index (χ4n) is 2.42. The molecule has 0 saturated carbocycles. The van der Waals surface area contributed by atoms with E-state index in [1.54, 1.807) is 17.5 Å². The SMILES string of the molecule is CCCOC(=O)c1ccc(N2C(=O)C(O)=C(c3cccs3)C2=O)cc1. The Kier molecular flexibility index (Phi) is 4.67. The Morgan fingerprint density at radius 3 is 2.48 bits per heavy atom. The van der Waals surface area contributed by atoms with E-state index >= 15 is 0 Å². The Morgan fingerprint density at radius 2 is 1.88 bits per heavy atom. The van der Waals surface area contributed by atoms with E-state index in [2.05, 4.69) is 0 Å². The number of esters is 1. The van der Waals surface area contributed by atoms with E-state index in [1.165, 1.54) is 35.6 Å². The summed E-state index contributed by atoms with van der Waals surface area (Å²) in [4.78, 5) is 38.1. The lowest BCUT2D eigenvalue weighted by atomic mass is 10.2. The highest BCUT2D eigenvalue weighted by Gasteiger charge is 2.40. The van der Waals surface area contributed by atoms with E-state index in [-0.39, 0.29) is 11.3 Å². The fourth-order valence-corrected chi connectivity index (χ4v) is 3.18. The van der Waals surface area contributed by atoms with Gasteiger partial charge < -0.3 is 9.84 Å². The normalized spacial score (nSPS) is 14.4. The van der Waals surface area contributed by atoms with Crippen molar-refractivity contribution in [2.24, 2.45) is 0 Å². The highest BCUT2D eigenvalue weighted by molar-refractivity contribution is 7.11. The van der Waals surface area contributed by atoms with Crippen LogP contribution in [0.5, 0.6) is 0 Å². The molecule has 1 aromatic carbocycles. The van der Waals surface area contributed by atoms with Crippen LogP contribution in [-0.4, -0.2) is 29.5 Å². The van der Waals surface area contributed by atoms with Crippen molar-refractivity contribution in [3.8, 4) is 0 Å². The van der Waals surface area contributed by atoms with E-state index < -0.39 is 23.5 Å². The third kappa shape index (κ3) is 3.06. The van der Waals surface area contributed by atoms with Crippen molar-refractivity contribution in [1.82, 2.24) is 0 Å². The predicted octanol–water partition coefficient (Wildman–Crippen LogP) is 3.16. The second-order valence-electron chi connectivity index (χ2n) is 5.33. The highest BCUT2D eigenvalue weighted by atomic mass is 32.1. The average Bonchev–Trinajstić information content (AvgIpc) is 3.21. The molecule has 0 unspecified atom stereocenters. The van der Waals surface area contributed by atoms with Crippen LogP contribution in [0, 0.1) is 0 Å². The molecule has 1 aliphatic rings. The number of anilines is 1. The summed E-state index contributed by atoms with van der Waals surface area (Å²) in [6, 6.07) is 9.31. The Morgan fingerprint density at radius 1 is 1.16 bits per heavy atom. The van der Waals surface area contributed by atoms with Crippen molar-refractivity contribution in [2.45, 2.75) is 13.3 Å². The van der Waals surface area contributed by atoms with Crippen LogP contribution < -0.4 is 4.90 Å². The zero-order chi connectivity index (χ0) is 18.0. The van der Waals surface area contributed by atoms with Crippen LogP contribution in [0.25, 0.3) is 5.57 Å². The number of aliphatic hydroxyl groups excluding tert-OH is 1. The minimum absolute atomic E-state index is 0.00793. The van der Waals surface area contributed by atoms with E-state index in [0.29, 0.717) is 17.0 Å². The van der Waals surface area contributed by atoms with Gasteiger partial charge in [0.05, 0.1) is 17.9 Å². The first-order chi connectivity index (χ1) is 12.0. The van der Waals surface area contributed by atoms with Gasteiger partial charge in [0.25, 0.3) is 5.91 Å². The summed E-state index contributed by atoms with van der Waals surface area (Å²) in [5.41, 5.74) is 0.596. The minimum atomic E-state index is -0.783. The number of hydrogen-bond acceptors (Lipinski definition) is 6. The summed E-state index contributed by atoms with van der Waals surface area (Å²) >= 11 is 1.26. The van der Waals surface area contributed by atoms with Gasteiger partial charge in [0.1, 0.15) is 5.57 Å². The van der Waals surface area contributed by atoms with Crippen LogP contribution in [-0.2, 0) is 14.3 Å². The molecule has 1 N–H and O–H groups in total. The second-order valence-corrected chi connectivity index (χ2v) is 6.28. The van der Waals surface area contributed by atoms with Crippen molar-refractivity contribution >= 4 is 40.4 Å². The van der Waals surface area contributed by atoms with Crippen LogP contribution in [0.3, 0.4) is 0 Å². The molecule has 6 nitrogen and oxygen atoms in total. The molecule has 2 amide bonds. The van der Waals surface area contributed by atoms with Gasteiger partial charge in [0, 0.05) is 4.88 Å². The standard InChI is InChI=1S/C18H15NO5S/c1-2-9-24-18(23)11-5-7-12(8-6-11)19-16(21)14(15(20)17(19)22)13-4-3-10-25-13/h3-8,10,20H,2,9H2,1H3. The average molecular weight is 357 g/mol. The molecule has 0 radical (unpaired) electrons. The number of imide groups is 1. The number of hydrogen-bond donors (Lipinski definition) is 1. The summed E-state index contributed by atoms with van der Waals surface area (Å²) in [6.07, 6.45) is 0.719. The van der Waals surface area contributed by atoms with Gasteiger partial charge >= 0.3 is 11.9 Å². The van der Waals surface area contributed by atoms with Gasteiger partial charge in [-0.05, 0) is 42.1 Å². The summed E-state index contributed by atoms with van der Waals surface area (Å²) < 4.78 is 5.03. The topological polar surface area (TPSA) is 83.9 Å². The number of thiophene rings is 1. The molecule has 1 aromatic heterocycles.